The van der Waals surface area contributed by atoms with Gasteiger partial charge in [-0.05, 0) is 46.9 Å². The Morgan fingerprint density at radius 3 is 2.60 bits per heavy atom. The molecule has 0 amide bonds. The monoisotopic (exact) mass is 443 g/mol. The number of carboxylic acid groups (broad SMARTS) is 1. The maximum Gasteiger partial charge on any atom is 0.336 e. The van der Waals surface area contributed by atoms with E-state index in [0.29, 0.717) is 14.3 Å². The number of nitrogens with one attached hydrogen (secondary N) is 1. The quantitative estimate of drug-likeness (QED) is 0.709. The fourth-order valence-electron chi connectivity index (χ4n) is 1.34. The molecule has 0 fully saturated rings. The molecule has 9 heteroatoms. The van der Waals surface area contributed by atoms with E-state index in [1.807, 2.05) is 22.6 Å². The Balaban J connectivity index is 2.33. The maximum atomic E-state index is 12.1. The molecule has 0 aliphatic rings. The van der Waals surface area contributed by atoms with Crippen molar-refractivity contribution < 1.29 is 18.3 Å². The molecular weight excluding hydrogens is 437 g/mol. The van der Waals surface area contributed by atoms with Crippen LogP contribution < -0.4 is 4.72 Å². The summed E-state index contributed by atoms with van der Waals surface area (Å²) in [5.41, 5.74) is 0.335. The third-order valence-corrected chi connectivity index (χ3v) is 6.20. The van der Waals surface area contributed by atoms with E-state index in [1.165, 1.54) is 5.38 Å². The SMILES string of the molecule is O=C(O)c1csc(S(=O)(=O)Nc2ccc(Cl)cc2I)c1. The summed E-state index contributed by atoms with van der Waals surface area (Å²) in [5, 5.41) is 10.6. The number of rotatable bonds is 4. The van der Waals surface area contributed by atoms with Gasteiger partial charge < -0.3 is 5.11 Å². The summed E-state index contributed by atoms with van der Waals surface area (Å²) in [6.07, 6.45) is 0. The molecular formula is C11H7ClINO4S2. The Labute approximate surface area is 137 Å². The van der Waals surface area contributed by atoms with Crippen LogP contribution in [0.5, 0.6) is 0 Å². The van der Waals surface area contributed by atoms with Gasteiger partial charge in [0, 0.05) is 14.0 Å². The van der Waals surface area contributed by atoms with Crippen LogP contribution in [0.3, 0.4) is 0 Å². The van der Waals surface area contributed by atoms with Crippen LogP contribution in [0, 0.1) is 3.57 Å². The highest BCUT2D eigenvalue weighted by atomic mass is 127. The number of carboxylic acids is 1. The highest BCUT2D eigenvalue weighted by molar-refractivity contribution is 14.1. The number of aromatic carboxylic acids is 1. The lowest BCUT2D eigenvalue weighted by Crippen LogP contribution is -2.12. The van der Waals surface area contributed by atoms with Crippen LogP contribution in [-0.2, 0) is 10.0 Å². The van der Waals surface area contributed by atoms with Crippen LogP contribution in [0.1, 0.15) is 10.4 Å². The van der Waals surface area contributed by atoms with E-state index in [-0.39, 0.29) is 9.77 Å². The minimum absolute atomic E-state index is 0.0545. The van der Waals surface area contributed by atoms with Gasteiger partial charge in [-0.1, -0.05) is 11.6 Å². The van der Waals surface area contributed by atoms with Crippen molar-refractivity contribution in [2.24, 2.45) is 0 Å². The highest BCUT2D eigenvalue weighted by Crippen LogP contribution is 2.27. The second-order valence-corrected chi connectivity index (χ2v) is 8.11. The first kappa shape index (κ1) is 15.5. The van der Waals surface area contributed by atoms with Crippen molar-refractivity contribution in [2.75, 3.05) is 4.72 Å². The molecule has 0 aliphatic carbocycles. The molecule has 0 radical (unpaired) electrons. The molecule has 0 saturated heterocycles. The number of anilines is 1. The van der Waals surface area contributed by atoms with Gasteiger partial charge in [-0.2, -0.15) is 0 Å². The van der Waals surface area contributed by atoms with Gasteiger partial charge in [-0.15, -0.1) is 11.3 Å². The molecule has 106 valence electrons. The molecule has 0 atom stereocenters. The van der Waals surface area contributed by atoms with Crippen LogP contribution >= 0.6 is 45.5 Å². The number of carbonyl (C=O) groups is 1. The number of sulfonamides is 1. The molecule has 1 aromatic heterocycles. The van der Waals surface area contributed by atoms with E-state index in [1.54, 1.807) is 18.2 Å². The van der Waals surface area contributed by atoms with Gasteiger partial charge in [-0.3, -0.25) is 4.72 Å². The lowest BCUT2D eigenvalue weighted by Gasteiger charge is -2.08. The van der Waals surface area contributed by atoms with Crippen molar-refractivity contribution in [1.82, 2.24) is 0 Å². The average molecular weight is 444 g/mol. The summed E-state index contributed by atoms with van der Waals surface area (Å²) in [6, 6.07) is 5.86. The summed E-state index contributed by atoms with van der Waals surface area (Å²) in [4.78, 5) is 10.8. The fraction of sp³-hybridized carbons (Fsp3) is 0. The van der Waals surface area contributed by atoms with Crippen molar-refractivity contribution in [2.45, 2.75) is 4.21 Å². The fourth-order valence-corrected chi connectivity index (χ4v) is 4.76. The number of hydrogen-bond donors (Lipinski definition) is 2. The van der Waals surface area contributed by atoms with E-state index in [2.05, 4.69) is 4.72 Å². The molecule has 1 aromatic carbocycles. The van der Waals surface area contributed by atoms with Gasteiger partial charge >= 0.3 is 5.97 Å². The van der Waals surface area contributed by atoms with Crippen molar-refractivity contribution >= 4 is 67.2 Å². The Morgan fingerprint density at radius 2 is 2.05 bits per heavy atom. The van der Waals surface area contributed by atoms with Crippen LogP contribution in [-0.4, -0.2) is 19.5 Å². The Morgan fingerprint density at radius 1 is 1.35 bits per heavy atom. The summed E-state index contributed by atoms with van der Waals surface area (Å²) < 4.78 is 27.3. The Bertz CT molecular complexity index is 772. The van der Waals surface area contributed by atoms with Crippen LogP contribution in [0.25, 0.3) is 0 Å². The number of halogens is 2. The van der Waals surface area contributed by atoms with Crippen molar-refractivity contribution in [1.29, 1.82) is 0 Å². The number of benzene rings is 1. The second kappa shape index (κ2) is 5.88. The van der Waals surface area contributed by atoms with E-state index in [4.69, 9.17) is 16.7 Å². The predicted molar refractivity (Wildman–Crippen MR) is 86.3 cm³/mol. The third kappa shape index (κ3) is 3.43. The molecule has 5 nitrogen and oxygen atoms in total. The predicted octanol–water partition coefficient (Wildman–Crippen LogP) is 3.51. The number of thiophene rings is 1. The summed E-state index contributed by atoms with van der Waals surface area (Å²) >= 11 is 8.61. The van der Waals surface area contributed by atoms with Crippen LogP contribution in [0.4, 0.5) is 5.69 Å². The van der Waals surface area contributed by atoms with Crippen LogP contribution in [0.2, 0.25) is 5.02 Å². The maximum absolute atomic E-state index is 12.1. The molecule has 1 heterocycles. The summed E-state index contributed by atoms with van der Waals surface area (Å²) in [7, 11) is -3.80. The van der Waals surface area contributed by atoms with Gasteiger partial charge in [-0.25, -0.2) is 13.2 Å². The zero-order valence-corrected chi connectivity index (χ0v) is 14.2. The molecule has 2 N–H and O–H groups in total. The van der Waals surface area contributed by atoms with Crippen molar-refractivity contribution in [3.8, 4) is 0 Å². The third-order valence-electron chi connectivity index (χ3n) is 2.26. The summed E-state index contributed by atoms with van der Waals surface area (Å²) in [6.45, 7) is 0. The van der Waals surface area contributed by atoms with Gasteiger partial charge in [0.1, 0.15) is 4.21 Å². The van der Waals surface area contributed by atoms with Gasteiger partial charge in [0.15, 0.2) is 0 Å². The molecule has 2 aromatic rings. The highest BCUT2D eigenvalue weighted by Gasteiger charge is 2.20. The Kier molecular flexibility index (Phi) is 4.57. The largest absolute Gasteiger partial charge is 0.478 e. The lowest BCUT2D eigenvalue weighted by molar-refractivity contribution is 0.0697. The minimum atomic E-state index is -3.80. The molecule has 0 aliphatic heterocycles. The van der Waals surface area contributed by atoms with E-state index < -0.39 is 16.0 Å². The lowest BCUT2D eigenvalue weighted by atomic mass is 10.3. The second-order valence-electron chi connectivity index (χ2n) is 3.69. The molecule has 0 spiro atoms. The van der Waals surface area contributed by atoms with Crippen LogP contribution in [0.15, 0.2) is 33.9 Å². The topological polar surface area (TPSA) is 83.5 Å². The number of hydrogen-bond acceptors (Lipinski definition) is 4. The van der Waals surface area contributed by atoms with Crippen molar-refractivity contribution in [3.63, 3.8) is 0 Å². The standard InChI is InChI=1S/C11H7ClINO4S2/c12-7-1-2-9(8(13)4-7)14-20(17,18)10-3-6(5-19-10)11(15)16/h1-5,14H,(H,15,16). The molecule has 0 unspecified atom stereocenters. The zero-order valence-electron chi connectivity index (χ0n) is 9.63. The molecule has 0 bridgehead atoms. The molecule has 20 heavy (non-hydrogen) atoms. The molecule has 0 saturated carbocycles. The smallest absolute Gasteiger partial charge is 0.336 e. The van der Waals surface area contributed by atoms with Crippen molar-refractivity contribution in [3.05, 3.63) is 43.8 Å². The average Bonchev–Trinajstić information content (AvgIpc) is 2.83. The van der Waals surface area contributed by atoms with Gasteiger partial charge in [0.05, 0.1) is 11.3 Å². The molecule has 2 rings (SSSR count). The van der Waals surface area contributed by atoms with E-state index in [9.17, 15) is 13.2 Å². The summed E-state index contributed by atoms with van der Waals surface area (Å²) in [5.74, 6) is -1.16. The normalized spacial score (nSPS) is 11.3. The van der Waals surface area contributed by atoms with E-state index in [0.717, 1.165) is 17.4 Å². The first-order chi connectivity index (χ1) is 9.29. The first-order valence-electron chi connectivity index (χ1n) is 5.09. The minimum Gasteiger partial charge on any atom is -0.478 e. The zero-order chi connectivity index (χ0) is 14.9. The van der Waals surface area contributed by atoms with E-state index >= 15 is 0 Å². The first-order valence-corrected chi connectivity index (χ1v) is 8.91. The van der Waals surface area contributed by atoms with Gasteiger partial charge in [0.2, 0.25) is 0 Å². The van der Waals surface area contributed by atoms with Gasteiger partial charge in [0.25, 0.3) is 10.0 Å². The Hall–Kier alpha value is -0.840.